The van der Waals surface area contributed by atoms with Gasteiger partial charge in [0.05, 0.1) is 25.4 Å². The van der Waals surface area contributed by atoms with E-state index in [9.17, 15) is 0 Å². The van der Waals surface area contributed by atoms with Crippen LogP contribution < -0.4 is 0 Å². The third-order valence-corrected chi connectivity index (χ3v) is 10.1. The van der Waals surface area contributed by atoms with Crippen LogP contribution in [0.4, 0.5) is 0 Å². The van der Waals surface area contributed by atoms with Gasteiger partial charge in [-0.05, 0) is 29.8 Å². The summed E-state index contributed by atoms with van der Waals surface area (Å²) in [7, 11) is -1.83. The topological polar surface area (TPSA) is 27.7 Å². The SMILES string of the molecule is CC(C)(C)[Si](C)(C)OC1CC2C=CC1(COCc1ccccc1)O2. The quantitative estimate of drug-likeness (QED) is 0.552. The lowest BCUT2D eigenvalue weighted by atomic mass is 9.92. The number of hydrogen-bond donors (Lipinski definition) is 0. The highest BCUT2D eigenvalue weighted by molar-refractivity contribution is 6.74. The second-order valence-corrected chi connectivity index (χ2v) is 13.3. The molecule has 1 saturated heterocycles. The molecular weight excluding hydrogens is 316 g/mol. The highest BCUT2D eigenvalue weighted by atomic mass is 28.4. The molecule has 2 aliphatic rings. The zero-order chi connectivity index (χ0) is 17.4. The van der Waals surface area contributed by atoms with Crippen LogP contribution in [0.15, 0.2) is 42.5 Å². The summed E-state index contributed by atoms with van der Waals surface area (Å²) in [6.07, 6.45) is 5.56. The summed E-state index contributed by atoms with van der Waals surface area (Å²) in [5.74, 6) is 0. The fraction of sp³-hybridized carbons (Fsp3) is 0.600. The molecule has 0 aliphatic carbocycles. The van der Waals surface area contributed by atoms with Crippen LogP contribution in [0, 0.1) is 0 Å². The van der Waals surface area contributed by atoms with Crippen LogP contribution >= 0.6 is 0 Å². The minimum absolute atomic E-state index is 0.101. The molecule has 1 aromatic rings. The van der Waals surface area contributed by atoms with Gasteiger partial charge >= 0.3 is 0 Å². The van der Waals surface area contributed by atoms with Gasteiger partial charge in [0, 0.05) is 6.42 Å². The minimum Gasteiger partial charge on any atom is -0.410 e. The molecule has 3 nitrogen and oxygen atoms in total. The molecule has 4 heteroatoms. The van der Waals surface area contributed by atoms with Gasteiger partial charge in [-0.3, -0.25) is 0 Å². The van der Waals surface area contributed by atoms with Crippen molar-refractivity contribution < 1.29 is 13.9 Å². The Labute approximate surface area is 147 Å². The number of benzene rings is 1. The van der Waals surface area contributed by atoms with Gasteiger partial charge in [-0.25, -0.2) is 0 Å². The van der Waals surface area contributed by atoms with Gasteiger partial charge < -0.3 is 13.9 Å². The Bertz CT molecular complexity index is 591. The summed E-state index contributed by atoms with van der Waals surface area (Å²) in [5, 5.41) is 0.199. The van der Waals surface area contributed by atoms with Crippen LogP contribution in [0.3, 0.4) is 0 Å². The van der Waals surface area contributed by atoms with E-state index in [1.54, 1.807) is 0 Å². The lowest BCUT2D eigenvalue weighted by Gasteiger charge is -2.42. The number of ether oxygens (including phenoxy) is 2. The summed E-state index contributed by atoms with van der Waals surface area (Å²) in [4.78, 5) is 0. The Kier molecular flexibility index (Phi) is 4.77. The van der Waals surface area contributed by atoms with Crippen molar-refractivity contribution in [2.75, 3.05) is 6.61 Å². The zero-order valence-electron chi connectivity index (χ0n) is 15.5. The highest BCUT2D eigenvalue weighted by Gasteiger charge is 2.54. The molecule has 1 aromatic carbocycles. The van der Waals surface area contributed by atoms with Crippen LogP contribution in [0.25, 0.3) is 0 Å². The largest absolute Gasteiger partial charge is 0.410 e. The molecule has 24 heavy (non-hydrogen) atoms. The van der Waals surface area contributed by atoms with Crippen molar-refractivity contribution in [1.82, 2.24) is 0 Å². The van der Waals surface area contributed by atoms with Crippen molar-refractivity contribution in [3.8, 4) is 0 Å². The third kappa shape index (κ3) is 3.52. The lowest BCUT2D eigenvalue weighted by Crippen LogP contribution is -2.51. The summed E-state index contributed by atoms with van der Waals surface area (Å²) in [5.41, 5.74) is 0.780. The maximum Gasteiger partial charge on any atom is 0.192 e. The molecule has 3 rings (SSSR count). The predicted molar refractivity (Wildman–Crippen MR) is 99.5 cm³/mol. The highest BCUT2D eigenvalue weighted by Crippen LogP contribution is 2.45. The molecule has 1 fully saturated rings. The van der Waals surface area contributed by atoms with E-state index in [2.05, 4.69) is 58.2 Å². The van der Waals surface area contributed by atoms with Crippen molar-refractivity contribution in [3.63, 3.8) is 0 Å². The van der Waals surface area contributed by atoms with Gasteiger partial charge in [0.15, 0.2) is 8.32 Å². The number of hydrogen-bond acceptors (Lipinski definition) is 3. The Balaban J connectivity index is 1.65. The first-order chi connectivity index (χ1) is 11.2. The van der Waals surface area contributed by atoms with Crippen molar-refractivity contribution in [2.24, 2.45) is 0 Å². The van der Waals surface area contributed by atoms with Gasteiger partial charge in [-0.15, -0.1) is 0 Å². The molecular formula is C20H30O3Si. The summed E-state index contributed by atoms with van der Waals surface area (Å²) in [6, 6.07) is 10.3. The molecule has 132 valence electrons. The molecule has 2 heterocycles. The average Bonchev–Trinajstić information content (AvgIpc) is 3.04. The molecule has 2 bridgehead atoms. The maximum atomic E-state index is 6.69. The summed E-state index contributed by atoms with van der Waals surface area (Å²) in [6.45, 7) is 12.6. The standard InChI is InChI=1S/C20H30O3Si/c1-19(2,3)24(4,5)23-18-13-17-11-12-20(18,22-17)15-21-14-16-9-7-6-8-10-16/h6-12,17-18H,13-15H2,1-5H3. The average molecular weight is 347 g/mol. The van der Waals surface area contributed by atoms with Gasteiger partial charge in [0.25, 0.3) is 0 Å². The molecule has 0 saturated carbocycles. The van der Waals surface area contributed by atoms with E-state index in [1.165, 1.54) is 5.56 Å². The van der Waals surface area contributed by atoms with Gasteiger partial charge in [0.2, 0.25) is 0 Å². The van der Waals surface area contributed by atoms with Crippen LogP contribution in [0.2, 0.25) is 18.1 Å². The van der Waals surface area contributed by atoms with Crippen LogP contribution in [-0.4, -0.2) is 32.7 Å². The Hall–Kier alpha value is -0.943. The van der Waals surface area contributed by atoms with Gasteiger partial charge in [-0.2, -0.15) is 0 Å². The van der Waals surface area contributed by atoms with Crippen molar-refractivity contribution in [1.29, 1.82) is 0 Å². The second kappa shape index (κ2) is 6.41. The monoisotopic (exact) mass is 346 g/mol. The fourth-order valence-electron chi connectivity index (χ4n) is 3.11. The maximum absolute atomic E-state index is 6.69. The van der Waals surface area contributed by atoms with Crippen molar-refractivity contribution in [3.05, 3.63) is 48.0 Å². The van der Waals surface area contributed by atoms with Crippen molar-refractivity contribution in [2.45, 2.75) is 69.7 Å². The molecule has 0 amide bonds. The fourth-order valence-corrected chi connectivity index (χ4v) is 4.47. The molecule has 0 radical (unpaired) electrons. The minimum atomic E-state index is -1.83. The van der Waals surface area contributed by atoms with Crippen LogP contribution in [0.5, 0.6) is 0 Å². The van der Waals surface area contributed by atoms with E-state index < -0.39 is 13.9 Å². The van der Waals surface area contributed by atoms with Gasteiger partial charge in [0.1, 0.15) is 5.60 Å². The predicted octanol–water partition coefficient (Wildman–Crippen LogP) is 4.69. The molecule has 0 spiro atoms. The van der Waals surface area contributed by atoms with Crippen LogP contribution in [-0.2, 0) is 20.5 Å². The van der Waals surface area contributed by atoms with Gasteiger partial charge in [-0.1, -0.05) is 57.2 Å². The number of fused-ring (bicyclic) bond motifs is 2. The number of rotatable bonds is 6. The first kappa shape index (κ1) is 17.9. The molecule has 0 N–H and O–H groups in total. The van der Waals surface area contributed by atoms with E-state index in [1.807, 2.05) is 18.2 Å². The molecule has 3 atom stereocenters. The van der Waals surface area contributed by atoms with E-state index in [0.29, 0.717) is 13.2 Å². The van der Waals surface area contributed by atoms with E-state index >= 15 is 0 Å². The molecule has 2 aliphatic heterocycles. The Morgan fingerprint density at radius 2 is 1.92 bits per heavy atom. The zero-order valence-corrected chi connectivity index (χ0v) is 16.5. The van der Waals surface area contributed by atoms with E-state index in [4.69, 9.17) is 13.9 Å². The summed E-state index contributed by atoms with van der Waals surface area (Å²) < 4.78 is 18.9. The second-order valence-electron chi connectivity index (χ2n) is 8.55. The van der Waals surface area contributed by atoms with Crippen molar-refractivity contribution >= 4 is 8.32 Å². The Morgan fingerprint density at radius 3 is 2.54 bits per heavy atom. The first-order valence-corrected chi connectivity index (χ1v) is 11.8. The molecule has 0 aromatic heterocycles. The normalized spacial score (nSPS) is 29.4. The molecule has 3 unspecified atom stereocenters. The van der Waals surface area contributed by atoms with E-state index in [-0.39, 0.29) is 17.2 Å². The smallest absolute Gasteiger partial charge is 0.192 e. The van der Waals surface area contributed by atoms with E-state index in [0.717, 1.165) is 6.42 Å². The lowest BCUT2D eigenvalue weighted by molar-refractivity contribution is -0.0775. The summed E-state index contributed by atoms with van der Waals surface area (Å²) >= 11 is 0. The third-order valence-electron chi connectivity index (χ3n) is 5.64. The van der Waals surface area contributed by atoms with Crippen LogP contribution in [0.1, 0.15) is 32.8 Å². The Morgan fingerprint density at radius 1 is 1.21 bits per heavy atom. The first-order valence-electron chi connectivity index (χ1n) is 8.89.